The van der Waals surface area contributed by atoms with Gasteiger partial charge in [-0.2, -0.15) is 4.39 Å². The minimum absolute atomic E-state index is 0.301. The Labute approximate surface area is 138 Å². The van der Waals surface area contributed by atoms with Crippen LogP contribution in [-0.2, 0) is 0 Å². The van der Waals surface area contributed by atoms with Crippen molar-refractivity contribution in [1.29, 1.82) is 0 Å². The summed E-state index contributed by atoms with van der Waals surface area (Å²) in [6.45, 7) is 5.38. The van der Waals surface area contributed by atoms with Gasteiger partial charge in [0.05, 0.1) is 0 Å². The first-order chi connectivity index (χ1) is 11.0. The van der Waals surface area contributed by atoms with E-state index >= 15 is 0 Å². The number of aromatic nitrogens is 1. The summed E-state index contributed by atoms with van der Waals surface area (Å²) in [6.07, 6.45) is 0. The fourth-order valence-corrected chi connectivity index (χ4v) is 3.56. The quantitative estimate of drug-likeness (QED) is 0.934. The van der Waals surface area contributed by atoms with E-state index in [0.29, 0.717) is 22.0 Å². The van der Waals surface area contributed by atoms with Gasteiger partial charge in [-0.15, -0.1) is 0 Å². The van der Waals surface area contributed by atoms with Crippen molar-refractivity contribution < 1.29 is 9.18 Å². The zero-order valence-electron chi connectivity index (χ0n) is 13.2. The molecular weight excluding hydrogens is 315 g/mol. The highest BCUT2D eigenvalue weighted by Crippen LogP contribution is 2.32. The third kappa shape index (κ3) is 3.20. The van der Waals surface area contributed by atoms with Crippen molar-refractivity contribution in [3.63, 3.8) is 0 Å². The number of nitrogens with zero attached hydrogens (tertiary/aromatic N) is 3. The lowest BCUT2D eigenvalue weighted by atomic mass is 10.0. The molecule has 0 radical (unpaired) electrons. The lowest BCUT2D eigenvalue weighted by Crippen LogP contribution is -2.44. The van der Waals surface area contributed by atoms with E-state index in [0.717, 1.165) is 43.1 Å². The van der Waals surface area contributed by atoms with E-state index in [1.54, 1.807) is 25.1 Å². The highest BCUT2D eigenvalue weighted by atomic mass is 32.1. The van der Waals surface area contributed by atoms with Crippen molar-refractivity contribution in [1.82, 2.24) is 9.88 Å². The van der Waals surface area contributed by atoms with Gasteiger partial charge in [-0.3, -0.25) is 4.79 Å². The molecule has 2 heterocycles. The molecule has 0 bridgehead atoms. The molecule has 0 unspecified atom stereocenters. The van der Waals surface area contributed by atoms with E-state index in [2.05, 4.69) is 21.8 Å². The predicted molar refractivity (Wildman–Crippen MR) is 90.5 cm³/mol. The number of carbonyl (C=O) groups excluding carboxylic acids is 1. The highest BCUT2D eigenvalue weighted by Gasteiger charge is 2.21. The van der Waals surface area contributed by atoms with Crippen LogP contribution in [0, 0.1) is 12.1 Å². The molecule has 1 aliphatic rings. The summed E-state index contributed by atoms with van der Waals surface area (Å²) in [5, 5.41) is 0.410. The van der Waals surface area contributed by atoms with Crippen LogP contribution in [0.1, 0.15) is 15.9 Å². The highest BCUT2D eigenvalue weighted by molar-refractivity contribution is 7.14. The van der Waals surface area contributed by atoms with Gasteiger partial charge >= 0.3 is 0 Å². The number of benzene rings is 1. The number of amides is 1. The maximum absolute atomic E-state index is 14.3. The topological polar surface area (TPSA) is 62.5 Å². The standard InChI is InChI=1S/C16H19FN4OS/c1-10-9-11(3-4-12(10)15(18)22)13-14(17)23-16(19-13)21-7-5-20(2)6-8-21/h3-4,9H,5-8H2,1-2H3,(H2,18,22). The normalized spacial score (nSPS) is 15.9. The molecule has 0 saturated carbocycles. The molecule has 1 aromatic heterocycles. The molecule has 0 atom stereocenters. The summed E-state index contributed by atoms with van der Waals surface area (Å²) in [4.78, 5) is 20.1. The van der Waals surface area contributed by atoms with Crippen LogP contribution in [0.3, 0.4) is 0 Å². The summed E-state index contributed by atoms with van der Waals surface area (Å²) in [7, 11) is 2.08. The summed E-state index contributed by atoms with van der Waals surface area (Å²) < 4.78 is 14.3. The Hall–Kier alpha value is -1.99. The van der Waals surface area contributed by atoms with Crippen LogP contribution in [0.2, 0.25) is 0 Å². The second-order valence-corrected chi connectivity index (χ2v) is 6.73. The van der Waals surface area contributed by atoms with Gasteiger partial charge in [-0.1, -0.05) is 17.4 Å². The van der Waals surface area contributed by atoms with E-state index < -0.39 is 5.91 Å². The minimum atomic E-state index is -0.481. The average molecular weight is 334 g/mol. The third-order valence-corrected chi connectivity index (χ3v) is 5.02. The monoisotopic (exact) mass is 334 g/mol. The van der Waals surface area contributed by atoms with Crippen molar-refractivity contribution in [2.45, 2.75) is 6.92 Å². The number of primary amides is 1. The first kappa shape index (κ1) is 15.9. The van der Waals surface area contributed by atoms with Gasteiger partial charge < -0.3 is 15.5 Å². The maximum atomic E-state index is 14.3. The number of nitrogens with two attached hydrogens (primary N) is 1. The van der Waals surface area contributed by atoms with Gasteiger partial charge in [-0.25, -0.2) is 4.98 Å². The molecule has 5 nitrogen and oxygen atoms in total. The molecule has 0 aliphatic carbocycles. The summed E-state index contributed by atoms with van der Waals surface area (Å²) in [5.41, 5.74) is 7.49. The van der Waals surface area contributed by atoms with E-state index in [9.17, 15) is 9.18 Å². The Morgan fingerprint density at radius 3 is 2.61 bits per heavy atom. The molecule has 7 heteroatoms. The first-order valence-electron chi connectivity index (χ1n) is 7.46. The van der Waals surface area contributed by atoms with Crippen LogP contribution in [-0.4, -0.2) is 49.0 Å². The molecule has 2 aromatic rings. The van der Waals surface area contributed by atoms with Gasteiger partial charge in [0.2, 0.25) is 11.0 Å². The van der Waals surface area contributed by atoms with Crippen LogP contribution in [0.4, 0.5) is 9.52 Å². The number of rotatable bonds is 3. The lowest BCUT2D eigenvalue weighted by Gasteiger charge is -2.31. The number of anilines is 1. The number of carbonyl (C=O) groups is 1. The average Bonchev–Trinajstić information content (AvgIpc) is 2.89. The second kappa shape index (κ2) is 6.25. The molecule has 1 amide bonds. The molecule has 0 spiro atoms. The number of hydrogen-bond acceptors (Lipinski definition) is 5. The Kier molecular flexibility index (Phi) is 4.32. The van der Waals surface area contributed by atoms with E-state index in [1.807, 2.05) is 0 Å². The number of halogens is 1. The number of thiazole rings is 1. The fourth-order valence-electron chi connectivity index (χ4n) is 2.69. The van der Waals surface area contributed by atoms with Gasteiger partial charge in [-0.05, 0) is 31.7 Å². The summed E-state index contributed by atoms with van der Waals surface area (Å²) in [5.74, 6) is -0.481. The summed E-state index contributed by atoms with van der Waals surface area (Å²) >= 11 is 1.07. The Bertz CT molecular complexity index is 738. The molecule has 1 aromatic carbocycles. The largest absolute Gasteiger partial charge is 0.366 e. The zero-order chi connectivity index (χ0) is 16.6. The van der Waals surface area contributed by atoms with Crippen LogP contribution in [0.25, 0.3) is 11.3 Å². The molecule has 23 heavy (non-hydrogen) atoms. The minimum Gasteiger partial charge on any atom is -0.366 e. The third-order valence-electron chi connectivity index (χ3n) is 4.11. The number of piperazine rings is 1. The molecule has 1 saturated heterocycles. The molecule has 122 valence electrons. The van der Waals surface area contributed by atoms with Gasteiger partial charge in [0.15, 0.2) is 5.13 Å². The molecule has 3 rings (SSSR count). The van der Waals surface area contributed by atoms with Crippen molar-refractivity contribution in [3.05, 3.63) is 34.5 Å². The Balaban J connectivity index is 1.89. The van der Waals surface area contributed by atoms with Gasteiger partial charge in [0.25, 0.3) is 0 Å². The van der Waals surface area contributed by atoms with Crippen LogP contribution in [0.15, 0.2) is 18.2 Å². The second-order valence-electron chi connectivity index (χ2n) is 5.80. The SMILES string of the molecule is Cc1cc(-c2nc(N3CCN(C)CC3)sc2F)ccc1C(N)=O. The van der Waals surface area contributed by atoms with Crippen molar-refractivity contribution in [3.8, 4) is 11.3 Å². The molecule has 1 fully saturated rings. The van der Waals surface area contributed by atoms with Gasteiger partial charge in [0.1, 0.15) is 5.69 Å². The lowest BCUT2D eigenvalue weighted by molar-refractivity contribution is 0.0999. The van der Waals surface area contributed by atoms with Crippen LogP contribution < -0.4 is 10.6 Å². The predicted octanol–water partition coefficient (Wildman–Crippen LogP) is 2.11. The summed E-state index contributed by atoms with van der Waals surface area (Å²) in [6, 6.07) is 5.08. The van der Waals surface area contributed by atoms with Crippen molar-refractivity contribution in [2.75, 3.05) is 38.1 Å². The van der Waals surface area contributed by atoms with Crippen LogP contribution >= 0.6 is 11.3 Å². The van der Waals surface area contributed by atoms with Gasteiger partial charge in [0, 0.05) is 37.3 Å². The van der Waals surface area contributed by atoms with E-state index in [4.69, 9.17) is 5.73 Å². The van der Waals surface area contributed by atoms with E-state index in [1.165, 1.54) is 0 Å². The van der Waals surface area contributed by atoms with Crippen molar-refractivity contribution in [2.24, 2.45) is 5.73 Å². The Morgan fingerprint density at radius 1 is 1.30 bits per heavy atom. The van der Waals surface area contributed by atoms with Crippen LogP contribution in [0.5, 0.6) is 0 Å². The number of hydrogen-bond donors (Lipinski definition) is 1. The zero-order valence-corrected chi connectivity index (χ0v) is 14.0. The Morgan fingerprint density at radius 2 is 2.00 bits per heavy atom. The molecule has 1 aliphatic heterocycles. The number of likely N-dealkylation sites (N-methyl/N-ethyl adjacent to an activating group) is 1. The molecular formula is C16H19FN4OS. The molecule has 2 N–H and O–H groups in total. The number of aryl methyl sites for hydroxylation is 1. The van der Waals surface area contributed by atoms with E-state index in [-0.39, 0.29) is 5.13 Å². The fraction of sp³-hybridized carbons (Fsp3) is 0.375. The maximum Gasteiger partial charge on any atom is 0.248 e. The smallest absolute Gasteiger partial charge is 0.248 e. The van der Waals surface area contributed by atoms with Crippen molar-refractivity contribution >= 4 is 22.4 Å². The first-order valence-corrected chi connectivity index (χ1v) is 8.28.